The lowest BCUT2D eigenvalue weighted by Gasteiger charge is -2.37. The van der Waals surface area contributed by atoms with Gasteiger partial charge in [-0.1, -0.05) is 18.2 Å². The molecule has 1 aliphatic heterocycles. The fraction of sp³-hybridized carbons (Fsp3) is 0.417. The van der Waals surface area contributed by atoms with E-state index in [9.17, 15) is 13.6 Å². The van der Waals surface area contributed by atoms with Crippen molar-refractivity contribution in [1.29, 1.82) is 0 Å². The van der Waals surface area contributed by atoms with Gasteiger partial charge in [-0.25, -0.2) is 13.5 Å². The number of tetrazole rings is 1. The molecule has 1 amide bonds. The van der Waals surface area contributed by atoms with Crippen LogP contribution in [0.1, 0.15) is 36.8 Å². The number of aryl methyl sites for hydroxylation is 1. The molecule has 0 aliphatic carbocycles. The molecule has 1 fully saturated rings. The van der Waals surface area contributed by atoms with Crippen molar-refractivity contribution in [3.63, 3.8) is 0 Å². The van der Waals surface area contributed by atoms with Gasteiger partial charge in [0.2, 0.25) is 5.91 Å². The zero-order chi connectivity index (χ0) is 24.2. The fourth-order valence-electron chi connectivity index (χ4n) is 4.26. The summed E-state index contributed by atoms with van der Waals surface area (Å²) in [5, 5.41) is 14.3. The molecule has 0 spiro atoms. The van der Waals surface area contributed by atoms with Gasteiger partial charge in [0.05, 0.1) is 17.9 Å². The average molecular weight is 471 g/mol. The Bertz CT molecular complexity index is 1130. The number of hydrogen-bond donors (Lipinski definition) is 1. The van der Waals surface area contributed by atoms with Gasteiger partial charge in [0.15, 0.2) is 0 Å². The highest BCUT2D eigenvalue weighted by atomic mass is 19.1. The zero-order valence-electron chi connectivity index (χ0n) is 19.4. The molecule has 2 aromatic carbocycles. The van der Waals surface area contributed by atoms with Gasteiger partial charge in [-0.2, -0.15) is 0 Å². The van der Waals surface area contributed by atoms with Crippen LogP contribution in [0, 0.1) is 18.6 Å². The molecule has 1 aliphatic rings. The van der Waals surface area contributed by atoms with Crippen LogP contribution in [-0.2, 0) is 22.5 Å². The van der Waals surface area contributed by atoms with Gasteiger partial charge < -0.3 is 15.0 Å². The van der Waals surface area contributed by atoms with Crippen molar-refractivity contribution in [3.05, 3.63) is 71.1 Å². The van der Waals surface area contributed by atoms with E-state index in [0.29, 0.717) is 30.2 Å². The molecular weight excluding hydrogens is 442 g/mol. The highest BCUT2D eigenvalue weighted by Gasteiger charge is 2.26. The first-order valence-electron chi connectivity index (χ1n) is 11.3. The summed E-state index contributed by atoms with van der Waals surface area (Å²) in [5.41, 5.74) is 1.93. The average Bonchev–Trinajstić information content (AvgIpc) is 3.22. The van der Waals surface area contributed by atoms with Crippen molar-refractivity contribution in [2.75, 3.05) is 18.0 Å². The third kappa shape index (κ3) is 5.56. The minimum absolute atomic E-state index is 0.0230. The maximum absolute atomic E-state index is 14.9. The lowest BCUT2D eigenvalue weighted by atomic mass is 10.0. The van der Waals surface area contributed by atoms with Crippen LogP contribution in [0.3, 0.4) is 0 Å². The molecule has 0 bridgehead atoms. The van der Waals surface area contributed by atoms with E-state index in [4.69, 9.17) is 4.74 Å². The Labute approximate surface area is 196 Å². The quantitative estimate of drug-likeness (QED) is 0.572. The first-order chi connectivity index (χ1) is 16.3. The molecule has 180 valence electrons. The van der Waals surface area contributed by atoms with Gasteiger partial charge >= 0.3 is 0 Å². The van der Waals surface area contributed by atoms with Crippen molar-refractivity contribution in [2.45, 2.75) is 52.0 Å². The normalized spacial score (nSPS) is 19.1. The molecule has 1 aromatic heterocycles. The van der Waals surface area contributed by atoms with E-state index in [-0.39, 0.29) is 42.7 Å². The first kappa shape index (κ1) is 23.7. The highest BCUT2D eigenvalue weighted by Crippen LogP contribution is 2.25. The molecule has 3 unspecified atom stereocenters. The summed E-state index contributed by atoms with van der Waals surface area (Å²) in [5.74, 6) is -0.534. The number of carbonyl (C=O) groups is 1. The molecule has 0 saturated carbocycles. The molecule has 1 saturated heterocycles. The Hall–Kier alpha value is -3.40. The predicted molar refractivity (Wildman–Crippen MR) is 122 cm³/mol. The number of hydrogen-bond acceptors (Lipinski definition) is 6. The van der Waals surface area contributed by atoms with Crippen molar-refractivity contribution in [3.8, 4) is 0 Å². The van der Waals surface area contributed by atoms with Gasteiger partial charge in [-0.3, -0.25) is 4.79 Å². The summed E-state index contributed by atoms with van der Waals surface area (Å²) >= 11 is 0. The number of anilines is 1. The minimum Gasteiger partial charge on any atom is -0.372 e. The maximum Gasteiger partial charge on any atom is 0.245 e. The van der Waals surface area contributed by atoms with Gasteiger partial charge in [0, 0.05) is 26.1 Å². The molecule has 3 atom stereocenters. The summed E-state index contributed by atoms with van der Waals surface area (Å²) in [7, 11) is 0. The number of rotatable bonds is 7. The van der Waals surface area contributed by atoms with Crippen molar-refractivity contribution >= 4 is 11.6 Å². The Kier molecular flexibility index (Phi) is 7.16. The number of ether oxygens (including phenoxy) is 1. The van der Waals surface area contributed by atoms with E-state index in [2.05, 4.69) is 20.8 Å². The molecule has 34 heavy (non-hydrogen) atoms. The Morgan fingerprint density at radius 1 is 1.12 bits per heavy atom. The van der Waals surface area contributed by atoms with E-state index in [1.54, 1.807) is 31.2 Å². The van der Waals surface area contributed by atoms with E-state index in [0.717, 1.165) is 5.56 Å². The smallest absolute Gasteiger partial charge is 0.245 e. The molecule has 3 aromatic rings. The van der Waals surface area contributed by atoms with Crippen LogP contribution in [0.25, 0.3) is 0 Å². The second-order valence-electron chi connectivity index (χ2n) is 8.68. The number of morpholine rings is 1. The standard InChI is InChI=1S/C24H28F2N6O2/c1-15-13-31(14-16(2)34-15)22-9-6-19(10-21(22)26)12-27-24(33)23(32-17(3)28-29-30-32)11-18-4-7-20(25)8-5-18/h4-10,15-16,23H,11-14H2,1-3H3,(H,27,33). The number of carbonyl (C=O) groups excluding carboxylic acids is 1. The second kappa shape index (κ2) is 10.3. The molecule has 1 N–H and O–H groups in total. The summed E-state index contributed by atoms with van der Waals surface area (Å²) in [6, 6.07) is 10.2. The zero-order valence-corrected chi connectivity index (χ0v) is 19.4. The number of halogens is 2. The van der Waals surface area contributed by atoms with Crippen LogP contribution in [0.5, 0.6) is 0 Å². The van der Waals surface area contributed by atoms with Crippen LogP contribution >= 0.6 is 0 Å². The Balaban J connectivity index is 1.45. The lowest BCUT2D eigenvalue weighted by molar-refractivity contribution is -0.124. The first-order valence-corrected chi connectivity index (χ1v) is 11.3. The van der Waals surface area contributed by atoms with Gasteiger partial charge in [-0.15, -0.1) is 5.10 Å². The van der Waals surface area contributed by atoms with Crippen molar-refractivity contribution in [2.24, 2.45) is 0 Å². The number of nitrogens with one attached hydrogen (secondary N) is 1. The molecule has 4 rings (SSSR count). The third-order valence-electron chi connectivity index (χ3n) is 5.84. The third-order valence-corrected chi connectivity index (χ3v) is 5.84. The van der Waals surface area contributed by atoms with Crippen LogP contribution in [0.4, 0.5) is 14.5 Å². The van der Waals surface area contributed by atoms with E-state index in [1.807, 2.05) is 18.7 Å². The van der Waals surface area contributed by atoms with Crippen molar-refractivity contribution < 1.29 is 18.3 Å². The second-order valence-corrected chi connectivity index (χ2v) is 8.68. The summed E-state index contributed by atoms with van der Waals surface area (Å²) in [4.78, 5) is 15.1. The largest absolute Gasteiger partial charge is 0.372 e. The van der Waals surface area contributed by atoms with Crippen LogP contribution < -0.4 is 10.2 Å². The Morgan fingerprint density at radius 3 is 2.41 bits per heavy atom. The number of aromatic nitrogens is 4. The summed E-state index contributed by atoms with van der Waals surface area (Å²) in [6.45, 7) is 7.03. The van der Waals surface area contributed by atoms with E-state index in [1.165, 1.54) is 22.9 Å². The molecular formula is C24H28F2N6O2. The summed E-state index contributed by atoms with van der Waals surface area (Å²) in [6.07, 6.45) is 0.323. The van der Waals surface area contributed by atoms with Crippen LogP contribution in [0.15, 0.2) is 42.5 Å². The van der Waals surface area contributed by atoms with Gasteiger partial charge in [-0.05, 0) is 66.6 Å². The summed E-state index contributed by atoms with van der Waals surface area (Å²) < 4.78 is 35.4. The highest BCUT2D eigenvalue weighted by molar-refractivity contribution is 5.80. The van der Waals surface area contributed by atoms with E-state index < -0.39 is 6.04 Å². The number of nitrogens with zero attached hydrogens (tertiary/aromatic N) is 5. The monoisotopic (exact) mass is 470 g/mol. The molecule has 10 heteroatoms. The van der Waals surface area contributed by atoms with Crippen molar-refractivity contribution in [1.82, 2.24) is 25.5 Å². The van der Waals surface area contributed by atoms with E-state index >= 15 is 0 Å². The molecule has 0 radical (unpaired) electrons. The Morgan fingerprint density at radius 2 is 1.79 bits per heavy atom. The maximum atomic E-state index is 14.9. The predicted octanol–water partition coefficient (Wildman–Crippen LogP) is 2.97. The van der Waals surface area contributed by atoms with Crippen LogP contribution in [0.2, 0.25) is 0 Å². The fourth-order valence-corrected chi connectivity index (χ4v) is 4.26. The molecule has 8 nitrogen and oxygen atoms in total. The number of amides is 1. The molecule has 2 heterocycles. The SMILES string of the molecule is Cc1nnnn1C(Cc1ccc(F)cc1)C(=O)NCc1ccc(N2CC(C)OC(C)C2)c(F)c1. The van der Waals surface area contributed by atoms with Crippen LogP contribution in [-0.4, -0.2) is 51.4 Å². The topological polar surface area (TPSA) is 85.2 Å². The minimum atomic E-state index is -0.735. The van der Waals surface area contributed by atoms with Gasteiger partial charge in [0.1, 0.15) is 23.5 Å². The van der Waals surface area contributed by atoms with Gasteiger partial charge in [0.25, 0.3) is 0 Å². The lowest BCUT2D eigenvalue weighted by Crippen LogP contribution is -2.45. The number of benzene rings is 2.